The number of hydrogen-bond donors (Lipinski definition) is 2. The summed E-state index contributed by atoms with van der Waals surface area (Å²) in [6.07, 6.45) is 6.78. The summed E-state index contributed by atoms with van der Waals surface area (Å²) in [5, 5.41) is 6.49. The summed E-state index contributed by atoms with van der Waals surface area (Å²) >= 11 is 0. The molecule has 0 aromatic heterocycles. The van der Waals surface area contributed by atoms with E-state index in [0.29, 0.717) is 6.04 Å². The van der Waals surface area contributed by atoms with E-state index in [9.17, 15) is 4.79 Å². The van der Waals surface area contributed by atoms with E-state index >= 15 is 0 Å². The summed E-state index contributed by atoms with van der Waals surface area (Å²) in [7, 11) is 0. The van der Waals surface area contributed by atoms with Crippen molar-refractivity contribution >= 4 is 17.3 Å². The largest absolute Gasteiger partial charge is 0.382 e. The second-order valence-corrected chi connectivity index (χ2v) is 6.04. The van der Waals surface area contributed by atoms with Gasteiger partial charge in [0.2, 0.25) is 5.91 Å². The number of benzene rings is 1. The molecular weight excluding hydrogens is 248 g/mol. The first-order valence-electron chi connectivity index (χ1n) is 7.71. The highest BCUT2D eigenvalue weighted by atomic mass is 16.1. The molecule has 0 aliphatic heterocycles. The monoisotopic (exact) mass is 274 g/mol. The van der Waals surface area contributed by atoms with Crippen LogP contribution in [0.2, 0.25) is 0 Å². The van der Waals surface area contributed by atoms with E-state index in [1.807, 2.05) is 12.1 Å². The summed E-state index contributed by atoms with van der Waals surface area (Å²) in [4.78, 5) is 11.1. The number of anilines is 2. The standard InChI is InChI=1S/C17H26N2O/c1-12-9-10-16(19-14(3)20)11-17(12)18-13(2)15-7-5-4-6-8-15/h9-11,13,15,18H,4-8H2,1-3H3,(H,19,20). The fourth-order valence-corrected chi connectivity index (χ4v) is 3.06. The molecule has 20 heavy (non-hydrogen) atoms. The molecule has 0 spiro atoms. The third-order valence-electron chi connectivity index (χ3n) is 4.30. The van der Waals surface area contributed by atoms with Crippen molar-refractivity contribution in [1.29, 1.82) is 0 Å². The summed E-state index contributed by atoms with van der Waals surface area (Å²) in [5.41, 5.74) is 3.22. The van der Waals surface area contributed by atoms with Gasteiger partial charge in [-0.05, 0) is 50.3 Å². The van der Waals surface area contributed by atoms with Gasteiger partial charge in [-0.1, -0.05) is 25.3 Å². The second kappa shape index (κ2) is 6.78. The minimum Gasteiger partial charge on any atom is -0.382 e. The van der Waals surface area contributed by atoms with Gasteiger partial charge >= 0.3 is 0 Å². The molecule has 0 heterocycles. The van der Waals surface area contributed by atoms with Gasteiger partial charge in [-0.2, -0.15) is 0 Å². The Labute approximate surface area is 122 Å². The van der Waals surface area contributed by atoms with E-state index in [-0.39, 0.29) is 5.91 Å². The lowest BCUT2D eigenvalue weighted by Crippen LogP contribution is -2.28. The van der Waals surface area contributed by atoms with Gasteiger partial charge in [0.05, 0.1) is 0 Å². The van der Waals surface area contributed by atoms with E-state index in [1.165, 1.54) is 44.6 Å². The van der Waals surface area contributed by atoms with E-state index in [2.05, 4.69) is 30.5 Å². The molecule has 1 atom stereocenters. The molecule has 1 aliphatic carbocycles. The Morgan fingerprint density at radius 1 is 1.25 bits per heavy atom. The topological polar surface area (TPSA) is 41.1 Å². The van der Waals surface area contributed by atoms with E-state index < -0.39 is 0 Å². The first kappa shape index (κ1) is 14.9. The van der Waals surface area contributed by atoms with Crippen molar-refractivity contribution < 1.29 is 4.79 Å². The van der Waals surface area contributed by atoms with Gasteiger partial charge in [0.1, 0.15) is 0 Å². The number of amides is 1. The Morgan fingerprint density at radius 3 is 2.60 bits per heavy atom. The summed E-state index contributed by atoms with van der Waals surface area (Å²) in [6, 6.07) is 6.53. The van der Waals surface area contributed by atoms with Gasteiger partial charge in [0.25, 0.3) is 0 Å². The Hall–Kier alpha value is -1.51. The fourth-order valence-electron chi connectivity index (χ4n) is 3.06. The Bertz CT molecular complexity index is 464. The van der Waals surface area contributed by atoms with Crippen LogP contribution in [0.1, 0.15) is 51.5 Å². The van der Waals surface area contributed by atoms with Crippen molar-refractivity contribution in [2.45, 2.75) is 58.9 Å². The molecular formula is C17H26N2O. The van der Waals surface area contributed by atoms with Gasteiger partial charge in [0.15, 0.2) is 0 Å². The quantitative estimate of drug-likeness (QED) is 0.857. The van der Waals surface area contributed by atoms with E-state index in [4.69, 9.17) is 0 Å². The highest BCUT2D eigenvalue weighted by molar-refractivity contribution is 5.89. The SMILES string of the molecule is CC(=O)Nc1ccc(C)c(NC(C)C2CCCCC2)c1. The number of hydrogen-bond acceptors (Lipinski definition) is 2. The molecule has 0 bridgehead atoms. The van der Waals surface area contributed by atoms with Crippen LogP contribution in [-0.2, 0) is 4.79 Å². The lowest BCUT2D eigenvalue weighted by molar-refractivity contribution is -0.114. The van der Waals surface area contributed by atoms with Crippen LogP contribution >= 0.6 is 0 Å². The normalized spacial score (nSPS) is 17.6. The van der Waals surface area contributed by atoms with Crippen molar-refractivity contribution in [2.24, 2.45) is 5.92 Å². The fraction of sp³-hybridized carbons (Fsp3) is 0.588. The van der Waals surface area contributed by atoms with Crippen LogP contribution < -0.4 is 10.6 Å². The molecule has 0 saturated heterocycles. The maximum Gasteiger partial charge on any atom is 0.221 e. The molecule has 2 N–H and O–H groups in total. The summed E-state index contributed by atoms with van der Waals surface area (Å²) in [5.74, 6) is 0.743. The van der Waals surface area contributed by atoms with Crippen molar-refractivity contribution in [2.75, 3.05) is 10.6 Å². The van der Waals surface area contributed by atoms with Gasteiger partial charge in [0, 0.05) is 24.3 Å². The Morgan fingerprint density at radius 2 is 1.95 bits per heavy atom. The molecule has 2 rings (SSSR count). The number of nitrogens with one attached hydrogen (secondary N) is 2. The predicted octanol–water partition coefficient (Wildman–Crippen LogP) is 4.33. The number of rotatable bonds is 4. The van der Waals surface area contributed by atoms with Gasteiger partial charge in [-0.15, -0.1) is 0 Å². The van der Waals surface area contributed by atoms with Gasteiger partial charge in [-0.25, -0.2) is 0 Å². The van der Waals surface area contributed by atoms with Crippen LogP contribution in [0.15, 0.2) is 18.2 Å². The highest BCUT2D eigenvalue weighted by Crippen LogP contribution is 2.29. The Kier molecular flexibility index (Phi) is 5.05. The molecule has 1 aliphatic rings. The average Bonchev–Trinajstić information content (AvgIpc) is 2.43. The first-order valence-corrected chi connectivity index (χ1v) is 7.71. The molecule has 1 unspecified atom stereocenters. The molecule has 0 radical (unpaired) electrons. The zero-order valence-electron chi connectivity index (χ0n) is 12.8. The minimum absolute atomic E-state index is 0.0277. The van der Waals surface area contributed by atoms with E-state index in [1.54, 1.807) is 0 Å². The molecule has 110 valence electrons. The third kappa shape index (κ3) is 3.99. The summed E-state index contributed by atoms with van der Waals surface area (Å²) < 4.78 is 0. The third-order valence-corrected chi connectivity index (χ3v) is 4.30. The van der Waals surface area contributed by atoms with Crippen molar-refractivity contribution in [3.8, 4) is 0 Å². The molecule has 1 aromatic rings. The Balaban J connectivity index is 2.05. The van der Waals surface area contributed by atoms with Crippen molar-refractivity contribution in [3.63, 3.8) is 0 Å². The number of carbonyl (C=O) groups excluding carboxylic acids is 1. The summed E-state index contributed by atoms with van der Waals surface area (Å²) in [6.45, 7) is 5.92. The zero-order valence-corrected chi connectivity index (χ0v) is 12.8. The molecule has 1 saturated carbocycles. The second-order valence-electron chi connectivity index (χ2n) is 6.04. The molecule has 1 amide bonds. The smallest absolute Gasteiger partial charge is 0.221 e. The molecule has 3 nitrogen and oxygen atoms in total. The first-order chi connectivity index (χ1) is 9.56. The maximum absolute atomic E-state index is 11.1. The lowest BCUT2D eigenvalue weighted by atomic mass is 9.84. The van der Waals surface area contributed by atoms with Gasteiger partial charge in [-0.3, -0.25) is 4.79 Å². The number of aryl methyl sites for hydroxylation is 1. The highest BCUT2D eigenvalue weighted by Gasteiger charge is 2.20. The number of carbonyl (C=O) groups is 1. The zero-order chi connectivity index (χ0) is 14.5. The van der Waals surface area contributed by atoms with Crippen LogP contribution in [0.5, 0.6) is 0 Å². The van der Waals surface area contributed by atoms with Crippen LogP contribution in [0.4, 0.5) is 11.4 Å². The molecule has 1 fully saturated rings. The maximum atomic E-state index is 11.1. The molecule has 1 aromatic carbocycles. The van der Waals surface area contributed by atoms with Crippen LogP contribution in [0, 0.1) is 12.8 Å². The average molecular weight is 274 g/mol. The van der Waals surface area contributed by atoms with Crippen molar-refractivity contribution in [3.05, 3.63) is 23.8 Å². The van der Waals surface area contributed by atoms with Crippen LogP contribution in [-0.4, -0.2) is 11.9 Å². The lowest BCUT2D eigenvalue weighted by Gasteiger charge is -2.29. The predicted molar refractivity (Wildman–Crippen MR) is 85.1 cm³/mol. The van der Waals surface area contributed by atoms with Gasteiger partial charge < -0.3 is 10.6 Å². The minimum atomic E-state index is -0.0277. The molecule has 3 heteroatoms. The van der Waals surface area contributed by atoms with Crippen molar-refractivity contribution in [1.82, 2.24) is 0 Å². The van der Waals surface area contributed by atoms with Crippen LogP contribution in [0.25, 0.3) is 0 Å². The van der Waals surface area contributed by atoms with E-state index in [0.717, 1.165) is 17.3 Å². The van der Waals surface area contributed by atoms with Crippen LogP contribution in [0.3, 0.4) is 0 Å².